The Kier molecular flexibility index (Phi) is 5.19. The third-order valence-electron chi connectivity index (χ3n) is 2.30. The molecular formula is C11H18N4O3. The number of nitrogens with one attached hydrogen (secondary N) is 2. The third kappa shape index (κ3) is 4.10. The summed E-state index contributed by atoms with van der Waals surface area (Å²) in [4.78, 5) is 23.1. The molecule has 18 heavy (non-hydrogen) atoms. The largest absolute Gasteiger partial charge is 0.397 e. The van der Waals surface area contributed by atoms with Crippen LogP contribution in [-0.2, 0) is 16.6 Å². The van der Waals surface area contributed by atoms with E-state index < -0.39 is 0 Å². The first kappa shape index (κ1) is 14.0. The maximum Gasteiger partial charge on any atom is 0.268 e. The smallest absolute Gasteiger partial charge is 0.268 e. The minimum Gasteiger partial charge on any atom is -0.397 e. The van der Waals surface area contributed by atoms with Crippen LogP contribution in [0.5, 0.6) is 0 Å². The number of methoxy groups -OCH3 is 1. The van der Waals surface area contributed by atoms with Crippen molar-refractivity contribution in [3.8, 4) is 0 Å². The number of rotatable bonds is 6. The summed E-state index contributed by atoms with van der Waals surface area (Å²) in [5.74, 6) is -0.598. The summed E-state index contributed by atoms with van der Waals surface area (Å²) in [7, 11) is 3.26. The molecule has 7 nitrogen and oxygen atoms in total. The summed E-state index contributed by atoms with van der Waals surface area (Å²) < 4.78 is 6.39. The molecule has 0 bridgehead atoms. The van der Waals surface area contributed by atoms with Crippen molar-refractivity contribution in [1.29, 1.82) is 0 Å². The molecule has 4 N–H and O–H groups in total. The molecule has 0 saturated heterocycles. The van der Waals surface area contributed by atoms with Gasteiger partial charge in [-0.2, -0.15) is 0 Å². The highest BCUT2D eigenvalue weighted by atomic mass is 16.5. The number of nitrogens with two attached hydrogens (primary N) is 1. The summed E-state index contributed by atoms with van der Waals surface area (Å²) >= 11 is 0. The van der Waals surface area contributed by atoms with E-state index in [-0.39, 0.29) is 18.4 Å². The topological polar surface area (TPSA) is 98.4 Å². The molecule has 100 valence electrons. The van der Waals surface area contributed by atoms with Crippen molar-refractivity contribution in [1.82, 2.24) is 15.2 Å². The first-order valence-corrected chi connectivity index (χ1v) is 5.50. The lowest BCUT2D eigenvalue weighted by Gasteiger charge is -2.06. The minimum atomic E-state index is -0.337. The molecule has 2 amide bonds. The van der Waals surface area contributed by atoms with Gasteiger partial charge in [0.05, 0.1) is 18.8 Å². The van der Waals surface area contributed by atoms with E-state index >= 15 is 0 Å². The number of aromatic nitrogens is 1. The van der Waals surface area contributed by atoms with Crippen LogP contribution in [0.15, 0.2) is 12.3 Å². The maximum atomic E-state index is 11.7. The van der Waals surface area contributed by atoms with E-state index in [1.54, 1.807) is 31.0 Å². The predicted octanol–water partition coefficient (Wildman–Crippen LogP) is -0.900. The van der Waals surface area contributed by atoms with Gasteiger partial charge < -0.3 is 25.7 Å². The van der Waals surface area contributed by atoms with Crippen LogP contribution in [-0.4, -0.2) is 43.2 Å². The van der Waals surface area contributed by atoms with Gasteiger partial charge in [-0.05, 0) is 6.07 Å². The van der Waals surface area contributed by atoms with Gasteiger partial charge in [0.1, 0.15) is 5.69 Å². The van der Waals surface area contributed by atoms with Gasteiger partial charge in [0.15, 0.2) is 0 Å². The quantitative estimate of drug-likeness (QED) is 0.573. The Balaban J connectivity index is 2.37. The molecule has 1 aromatic heterocycles. The number of nitrogens with zero attached hydrogens (tertiary/aromatic N) is 1. The van der Waals surface area contributed by atoms with Crippen molar-refractivity contribution < 1.29 is 14.3 Å². The SMILES string of the molecule is COCCNC(=O)CNC(=O)c1cc(N)cn1C. The molecule has 0 aliphatic heterocycles. The fourth-order valence-corrected chi connectivity index (χ4v) is 1.42. The number of hydrogen-bond donors (Lipinski definition) is 3. The zero-order valence-corrected chi connectivity index (χ0v) is 10.5. The second-order valence-corrected chi connectivity index (χ2v) is 3.80. The highest BCUT2D eigenvalue weighted by molar-refractivity contribution is 5.96. The molecule has 1 aromatic rings. The predicted molar refractivity (Wildman–Crippen MR) is 67.0 cm³/mol. The second-order valence-electron chi connectivity index (χ2n) is 3.80. The molecule has 0 aliphatic rings. The molecule has 0 spiro atoms. The molecule has 0 fully saturated rings. The maximum absolute atomic E-state index is 11.7. The Hall–Kier alpha value is -2.02. The van der Waals surface area contributed by atoms with Gasteiger partial charge in [-0.15, -0.1) is 0 Å². The number of carbonyl (C=O) groups is 2. The van der Waals surface area contributed by atoms with Crippen LogP contribution in [0.2, 0.25) is 0 Å². The summed E-state index contributed by atoms with van der Waals surface area (Å²) in [6.45, 7) is 0.782. The number of hydrogen-bond acceptors (Lipinski definition) is 4. The van der Waals surface area contributed by atoms with E-state index in [0.29, 0.717) is 24.5 Å². The highest BCUT2D eigenvalue weighted by Crippen LogP contribution is 2.07. The molecule has 0 aromatic carbocycles. The van der Waals surface area contributed by atoms with E-state index in [1.165, 1.54) is 0 Å². The Morgan fingerprint density at radius 3 is 2.72 bits per heavy atom. The van der Waals surface area contributed by atoms with Gasteiger partial charge in [0.25, 0.3) is 5.91 Å². The number of anilines is 1. The first-order chi connectivity index (χ1) is 8.54. The van der Waals surface area contributed by atoms with E-state index in [2.05, 4.69) is 10.6 Å². The van der Waals surface area contributed by atoms with Crippen LogP contribution < -0.4 is 16.4 Å². The van der Waals surface area contributed by atoms with Gasteiger partial charge in [0, 0.05) is 26.9 Å². The van der Waals surface area contributed by atoms with Gasteiger partial charge in [0.2, 0.25) is 5.91 Å². The zero-order chi connectivity index (χ0) is 13.5. The number of amides is 2. The molecule has 1 heterocycles. The van der Waals surface area contributed by atoms with Crippen molar-refractivity contribution >= 4 is 17.5 Å². The Bertz CT molecular complexity index is 428. The first-order valence-electron chi connectivity index (χ1n) is 5.50. The summed E-state index contributed by atoms with van der Waals surface area (Å²) in [6.07, 6.45) is 1.63. The molecule has 1 rings (SSSR count). The Morgan fingerprint density at radius 2 is 2.17 bits per heavy atom. The number of carbonyl (C=O) groups excluding carboxylic acids is 2. The molecule has 0 aliphatic carbocycles. The zero-order valence-electron chi connectivity index (χ0n) is 10.5. The Labute approximate surface area is 105 Å². The lowest BCUT2D eigenvalue weighted by atomic mass is 10.4. The van der Waals surface area contributed by atoms with Crippen molar-refractivity contribution in [2.45, 2.75) is 0 Å². The van der Waals surface area contributed by atoms with E-state index in [4.69, 9.17) is 10.5 Å². The monoisotopic (exact) mass is 254 g/mol. The minimum absolute atomic E-state index is 0.0758. The molecule has 0 saturated carbocycles. The van der Waals surface area contributed by atoms with Gasteiger partial charge in [-0.1, -0.05) is 0 Å². The molecular weight excluding hydrogens is 236 g/mol. The van der Waals surface area contributed by atoms with E-state index in [1.807, 2.05) is 0 Å². The van der Waals surface area contributed by atoms with Crippen LogP contribution in [0.25, 0.3) is 0 Å². The van der Waals surface area contributed by atoms with E-state index in [0.717, 1.165) is 0 Å². The standard InChI is InChI=1S/C11H18N4O3/c1-15-7-8(12)5-9(15)11(17)14-6-10(16)13-3-4-18-2/h5,7H,3-4,6,12H2,1-2H3,(H,13,16)(H,14,17). The number of nitrogen functional groups attached to an aromatic ring is 1. The fourth-order valence-electron chi connectivity index (χ4n) is 1.42. The highest BCUT2D eigenvalue weighted by Gasteiger charge is 2.11. The van der Waals surface area contributed by atoms with Crippen molar-refractivity contribution in [2.24, 2.45) is 7.05 Å². The molecule has 7 heteroatoms. The average Bonchev–Trinajstić information content (AvgIpc) is 2.66. The van der Waals surface area contributed by atoms with Crippen LogP contribution in [0.4, 0.5) is 5.69 Å². The number of ether oxygens (including phenoxy) is 1. The Morgan fingerprint density at radius 1 is 1.44 bits per heavy atom. The normalized spacial score (nSPS) is 10.1. The van der Waals surface area contributed by atoms with Crippen molar-refractivity contribution in [3.05, 3.63) is 18.0 Å². The fraction of sp³-hybridized carbons (Fsp3) is 0.455. The lowest BCUT2D eigenvalue weighted by Crippen LogP contribution is -2.38. The van der Waals surface area contributed by atoms with Crippen molar-refractivity contribution in [3.63, 3.8) is 0 Å². The van der Waals surface area contributed by atoms with Gasteiger partial charge in [-0.25, -0.2) is 0 Å². The van der Waals surface area contributed by atoms with Gasteiger partial charge in [-0.3, -0.25) is 9.59 Å². The van der Waals surface area contributed by atoms with Crippen LogP contribution in [0.1, 0.15) is 10.5 Å². The number of aryl methyl sites for hydroxylation is 1. The van der Waals surface area contributed by atoms with E-state index in [9.17, 15) is 9.59 Å². The van der Waals surface area contributed by atoms with Crippen LogP contribution in [0.3, 0.4) is 0 Å². The molecule has 0 unspecified atom stereocenters. The van der Waals surface area contributed by atoms with Crippen LogP contribution >= 0.6 is 0 Å². The lowest BCUT2D eigenvalue weighted by molar-refractivity contribution is -0.120. The second kappa shape index (κ2) is 6.65. The summed E-state index contributed by atoms with van der Waals surface area (Å²) in [6, 6.07) is 1.55. The average molecular weight is 254 g/mol. The van der Waals surface area contributed by atoms with Crippen molar-refractivity contribution in [2.75, 3.05) is 32.5 Å². The summed E-state index contributed by atoms with van der Waals surface area (Å²) in [5.41, 5.74) is 6.48. The molecule has 0 radical (unpaired) electrons. The van der Waals surface area contributed by atoms with Crippen LogP contribution in [0, 0.1) is 0 Å². The molecule has 0 atom stereocenters. The van der Waals surface area contributed by atoms with Gasteiger partial charge >= 0.3 is 0 Å². The third-order valence-corrected chi connectivity index (χ3v) is 2.30. The summed E-state index contributed by atoms with van der Waals surface area (Å²) in [5, 5.41) is 5.11.